The topological polar surface area (TPSA) is 88.9 Å². The van der Waals surface area contributed by atoms with E-state index in [1.54, 1.807) is 11.4 Å². The van der Waals surface area contributed by atoms with Crippen molar-refractivity contribution in [3.05, 3.63) is 70.2 Å². The summed E-state index contributed by atoms with van der Waals surface area (Å²) in [4.78, 5) is 33.6. The summed E-state index contributed by atoms with van der Waals surface area (Å²) >= 11 is 7.46. The van der Waals surface area contributed by atoms with Gasteiger partial charge in [-0.25, -0.2) is 9.97 Å². The molecule has 0 aliphatic heterocycles. The number of anilines is 2. The van der Waals surface area contributed by atoms with Gasteiger partial charge in [0.05, 0.1) is 23.1 Å². The Kier molecular flexibility index (Phi) is 7.59. The second-order valence-corrected chi connectivity index (χ2v) is 9.62. The number of rotatable bonds is 9. The minimum atomic E-state index is -0.224. The molecule has 9 heteroatoms. The number of imidazole rings is 1. The van der Waals surface area contributed by atoms with E-state index in [-0.39, 0.29) is 24.2 Å². The van der Waals surface area contributed by atoms with Gasteiger partial charge in [-0.2, -0.15) is 0 Å². The lowest BCUT2D eigenvalue weighted by Gasteiger charge is -2.10. The van der Waals surface area contributed by atoms with Crippen LogP contribution in [0, 0.1) is 5.92 Å². The lowest BCUT2D eigenvalue weighted by atomic mass is 10.1. The average Bonchev–Trinajstić information content (AvgIpc) is 3.37. The molecule has 0 aliphatic carbocycles. The van der Waals surface area contributed by atoms with Gasteiger partial charge < -0.3 is 9.88 Å². The van der Waals surface area contributed by atoms with Gasteiger partial charge in [0.25, 0.3) is 0 Å². The van der Waals surface area contributed by atoms with Crippen molar-refractivity contribution in [3.63, 3.8) is 0 Å². The van der Waals surface area contributed by atoms with Crippen molar-refractivity contribution in [2.24, 2.45) is 5.92 Å². The number of nitrogens with one attached hydrogen (secondary N) is 2. The van der Waals surface area contributed by atoms with Crippen molar-refractivity contribution in [1.82, 2.24) is 14.5 Å². The van der Waals surface area contributed by atoms with E-state index in [9.17, 15) is 9.59 Å². The predicted octanol–water partition coefficient (Wildman–Crippen LogP) is 5.55. The number of hydrogen-bond acceptors (Lipinski definition) is 5. The molecule has 0 aliphatic rings. The van der Waals surface area contributed by atoms with Gasteiger partial charge in [0.1, 0.15) is 0 Å². The summed E-state index contributed by atoms with van der Waals surface area (Å²) < 4.78 is 2.02. The van der Waals surface area contributed by atoms with Crippen LogP contribution in [0.25, 0.3) is 11.0 Å². The van der Waals surface area contributed by atoms with Gasteiger partial charge in [0, 0.05) is 22.9 Å². The van der Waals surface area contributed by atoms with Crippen LogP contribution in [0.1, 0.15) is 31.5 Å². The minimum Gasteiger partial charge on any atom is -0.310 e. The van der Waals surface area contributed by atoms with E-state index < -0.39 is 0 Å². The predicted molar refractivity (Wildman–Crippen MR) is 137 cm³/mol. The SMILES string of the molecule is CC(C)C(=O)Nc1nc(CC(=O)Nc2nc3cc(Cl)ccc3n2CCCc2ccccc2)cs1. The van der Waals surface area contributed by atoms with Crippen LogP contribution in [-0.2, 0) is 29.0 Å². The average molecular weight is 496 g/mol. The Hall–Kier alpha value is -3.23. The number of amides is 2. The minimum absolute atomic E-state index is 0.0853. The highest BCUT2D eigenvalue weighted by atomic mass is 35.5. The van der Waals surface area contributed by atoms with Crippen LogP contribution in [0.4, 0.5) is 11.1 Å². The first kappa shape index (κ1) is 23.9. The van der Waals surface area contributed by atoms with E-state index in [2.05, 4.69) is 32.7 Å². The van der Waals surface area contributed by atoms with Crippen LogP contribution in [0.5, 0.6) is 0 Å². The molecule has 4 aromatic rings. The molecule has 0 atom stereocenters. The Balaban J connectivity index is 1.46. The molecule has 0 unspecified atom stereocenters. The number of carbonyl (C=O) groups excluding carboxylic acids is 2. The molecule has 0 fully saturated rings. The number of hydrogen-bond donors (Lipinski definition) is 2. The molecule has 2 aromatic carbocycles. The van der Waals surface area contributed by atoms with Gasteiger partial charge in [0.2, 0.25) is 17.8 Å². The maximum absolute atomic E-state index is 12.8. The summed E-state index contributed by atoms with van der Waals surface area (Å²) in [6.07, 6.45) is 1.90. The Morgan fingerprint density at radius 2 is 1.88 bits per heavy atom. The second-order valence-electron chi connectivity index (χ2n) is 8.32. The van der Waals surface area contributed by atoms with E-state index in [1.165, 1.54) is 16.9 Å². The summed E-state index contributed by atoms with van der Waals surface area (Å²) in [6.45, 7) is 4.33. The molecule has 7 nitrogen and oxygen atoms in total. The molecule has 2 N–H and O–H groups in total. The van der Waals surface area contributed by atoms with Gasteiger partial charge in [-0.15, -0.1) is 11.3 Å². The lowest BCUT2D eigenvalue weighted by Crippen LogP contribution is -2.19. The Bertz CT molecular complexity index is 1300. The maximum atomic E-state index is 12.8. The third kappa shape index (κ3) is 6.01. The first-order valence-corrected chi connectivity index (χ1v) is 12.4. The first-order valence-electron chi connectivity index (χ1n) is 11.1. The zero-order valence-corrected chi connectivity index (χ0v) is 20.6. The number of carbonyl (C=O) groups is 2. The molecule has 2 amide bonds. The van der Waals surface area contributed by atoms with Gasteiger partial charge in [-0.1, -0.05) is 55.8 Å². The number of aryl methyl sites for hydroxylation is 2. The van der Waals surface area contributed by atoms with E-state index in [0.29, 0.717) is 28.3 Å². The molecule has 0 spiro atoms. The number of nitrogens with zero attached hydrogens (tertiary/aromatic N) is 3. The van der Waals surface area contributed by atoms with Crippen LogP contribution in [-0.4, -0.2) is 26.3 Å². The summed E-state index contributed by atoms with van der Waals surface area (Å²) in [7, 11) is 0. The number of benzene rings is 2. The second kappa shape index (κ2) is 10.8. The molecule has 0 radical (unpaired) electrons. The fraction of sp³-hybridized carbons (Fsp3) is 0.280. The Labute approximate surface area is 207 Å². The zero-order valence-electron chi connectivity index (χ0n) is 19.0. The molecule has 0 saturated heterocycles. The highest BCUT2D eigenvalue weighted by molar-refractivity contribution is 7.13. The van der Waals surface area contributed by atoms with Crippen molar-refractivity contribution >= 4 is 56.9 Å². The Morgan fingerprint density at radius 1 is 1.09 bits per heavy atom. The van der Waals surface area contributed by atoms with Crippen molar-refractivity contribution in [2.75, 3.05) is 10.6 Å². The van der Waals surface area contributed by atoms with Gasteiger partial charge >= 0.3 is 0 Å². The van der Waals surface area contributed by atoms with Gasteiger partial charge in [-0.05, 0) is 36.6 Å². The van der Waals surface area contributed by atoms with Crippen molar-refractivity contribution < 1.29 is 9.59 Å². The summed E-state index contributed by atoms with van der Waals surface area (Å²) in [5, 5.41) is 8.55. The summed E-state index contributed by atoms with van der Waals surface area (Å²) in [6, 6.07) is 15.8. The van der Waals surface area contributed by atoms with Crippen LogP contribution >= 0.6 is 22.9 Å². The standard InChI is InChI=1S/C25H26ClN5O2S/c1-16(2)23(33)30-25-27-19(15-34-25)14-22(32)29-24-28-20-13-18(26)10-11-21(20)31(24)12-6-9-17-7-4-3-5-8-17/h3-5,7-8,10-11,13,15-16H,6,9,12,14H2,1-2H3,(H,27,30,33)(H,28,29,32). The molecule has 34 heavy (non-hydrogen) atoms. The zero-order chi connectivity index (χ0) is 24.1. The molecule has 0 bridgehead atoms. The molecule has 2 aromatic heterocycles. The largest absolute Gasteiger partial charge is 0.310 e. The molecule has 2 heterocycles. The number of halogens is 1. The van der Waals surface area contributed by atoms with Crippen molar-refractivity contribution in [1.29, 1.82) is 0 Å². The monoisotopic (exact) mass is 495 g/mol. The quantitative estimate of drug-likeness (QED) is 0.318. The van der Waals surface area contributed by atoms with Crippen LogP contribution in [0.15, 0.2) is 53.9 Å². The fourth-order valence-corrected chi connectivity index (χ4v) is 4.42. The molecular formula is C25H26ClN5O2S. The molecule has 176 valence electrons. The number of fused-ring (bicyclic) bond motifs is 1. The van der Waals surface area contributed by atoms with Crippen LogP contribution in [0.2, 0.25) is 5.02 Å². The molecular weight excluding hydrogens is 470 g/mol. The van der Waals surface area contributed by atoms with Crippen LogP contribution in [0.3, 0.4) is 0 Å². The van der Waals surface area contributed by atoms with E-state index in [4.69, 9.17) is 11.6 Å². The highest BCUT2D eigenvalue weighted by Gasteiger charge is 2.16. The number of thiazole rings is 1. The summed E-state index contributed by atoms with van der Waals surface area (Å²) in [5.74, 6) is 0.0175. The van der Waals surface area contributed by atoms with Crippen LogP contribution < -0.4 is 10.6 Å². The third-order valence-corrected chi connectivity index (χ3v) is 6.34. The summed E-state index contributed by atoms with van der Waals surface area (Å²) in [5.41, 5.74) is 3.51. The highest BCUT2D eigenvalue weighted by Crippen LogP contribution is 2.24. The van der Waals surface area contributed by atoms with E-state index in [1.807, 2.05) is 48.7 Å². The first-order chi connectivity index (χ1) is 16.4. The smallest absolute Gasteiger partial charge is 0.232 e. The third-order valence-electron chi connectivity index (χ3n) is 5.30. The fourth-order valence-electron chi connectivity index (χ4n) is 3.54. The Morgan fingerprint density at radius 3 is 2.65 bits per heavy atom. The van der Waals surface area contributed by atoms with Gasteiger partial charge in [0.15, 0.2) is 5.13 Å². The normalized spacial score (nSPS) is 11.2. The van der Waals surface area contributed by atoms with E-state index in [0.717, 1.165) is 23.9 Å². The lowest BCUT2D eigenvalue weighted by molar-refractivity contribution is -0.119. The maximum Gasteiger partial charge on any atom is 0.232 e. The molecule has 4 rings (SSSR count). The van der Waals surface area contributed by atoms with Gasteiger partial charge in [-0.3, -0.25) is 14.9 Å². The van der Waals surface area contributed by atoms with E-state index >= 15 is 0 Å². The van der Waals surface area contributed by atoms with Crippen molar-refractivity contribution in [3.8, 4) is 0 Å². The number of aromatic nitrogens is 3. The van der Waals surface area contributed by atoms with Crippen molar-refractivity contribution in [2.45, 2.75) is 39.7 Å². The molecule has 0 saturated carbocycles.